The summed E-state index contributed by atoms with van der Waals surface area (Å²) < 4.78 is 0. The zero-order valence-electron chi connectivity index (χ0n) is 11.3. The SMILES string of the molecule is CC(=O)CC[C@H]1CCC(=C(C)C)C(=O)C=C1C. The summed E-state index contributed by atoms with van der Waals surface area (Å²) in [7, 11) is 0. The molecule has 0 bridgehead atoms. The Morgan fingerprint density at radius 2 is 2.00 bits per heavy atom. The average Bonchev–Trinajstić information content (AvgIpc) is 2.34. The molecule has 0 N–H and O–H groups in total. The lowest BCUT2D eigenvalue weighted by Gasteiger charge is -2.14. The molecule has 0 heterocycles. The molecule has 1 atom stereocenters. The molecular formula is C15H22O2. The van der Waals surface area contributed by atoms with Gasteiger partial charge in [-0.3, -0.25) is 4.79 Å². The van der Waals surface area contributed by atoms with Crippen molar-refractivity contribution < 1.29 is 9.59 Å². The van der Waals surface area contributed by atoms with Gasteiger partial charge in [-0.15, -0.1) is 0 Å². The second-order valence-corrected chi connectivity index (χ2v) is 5.21. The molecule has 0 aromatic carbocycles. The van der Waals surface area contributed by atoms with Gasteiger partial charge in [-0.05, 0) is 64.5 Å². The van der Waals surface area contributed by atoms with Crippen molar-refractivity contribution in [1.29, 1.82) is 0 Å². The topological polar surface area (TPSA) is 34.1 Å². The third-order valence-electron chi connectivity index (χ3n) is 3.49. The van der Waals surface area contributed by atoms with Gasteiger partial charge in [-0.1, -0.05) is 11.1 Å². The molecule has 0 aromatic rings. The van der Waals surface area contributed by atoms with Crippen LogP contribution in [0.4, 0.5) is 0 Å². The first kappa shape index (κ1) is 13.9. The number of hydrogen-bond acceptors (Lipinski definition) is 2. The Bertz CT molecular complexity index is 382. The maximum absolute atomic E-state index is 11.9. The van der Waals surface area contributed by atoms with Gasteiger partial charge in [0, 0.05) is 6.42 Å². The molecule has 0 radical (unpaired) electrons. The zero-order valence-corrected chi connectivity index (χ0v) is 11.3. The normalized spacial score (nSPS) is 20.9. The Labute approximate surface area is 104 Å². The Morgan fingerprint density at radius 1 is 1.35 bits per heavy atom. The van der Waals surface area contributed by atoms with Gasteiger partial charge in [0.05, 0.1) is 0 Å². The summed E-state index contributed by atoms with van der Waals surface area (Å²) in [5.41, 5.74) is 3.20. The minimum absolute atomic E-state index is 0.160. The van der Waals surface area contributed by atoms with Crippen molar-refractivity contribution in [1.82, 2.24) is 0 Å². The molecule has 0 spiro atoms. The van der Waals surface area contributed by atoms with Crippen molar-refractivity contribution in [2.75, 3.05) is 0 Å². The van der Waals surface area contributed by atoms with Crippen LogP contribution >= 0.6 is 0 Å². The van der Waals surface area contributed by atoms with Crippen LogP contribution < -0.4 is 0 Å². The molecule has 0 aliphatic heterocycles. The van der Waals surface area contributed by atoms with E-state index >= 15 is 0 Å². The van der Waals surface area contributed by atoms with Crippen LogP contribution in [-0.4, -0.2) is 11.6 Å². The first-order chi connectivity index (χ1) is 7.91. The number of hydrogen-bond donors (Lipinski definition) is 0. The standard InChI is InChI=1S/C15H22O2/c1-10(2)14-8-7-13(6-5-12(4)16)11(3)9-15(14)17/h9,13H,5-8H2,1-4H3/t13-/m0/s1. The van der Waals surface area contributed by atoms with Gasteiger partial charge >= 0.3 is 0 Å². The van der Waals surface area contributed by atoms with E-state index in [1.807, 2.05) is 20.8 Å². The summed E-state index contributed by atoms with van der Waals surface area (Å²) >= 11 is 0. The molecule has 0 amide bonds. The number of carbonyl (C=O) groups excluding carboxylic acids is 2. The molecule has 1 aliphatic rings. The van der Waals surface area contributed by atoms with Crippen molar-refractivity contribution >= 4 is 11.6 Å². The fourth-order valence-corrected chi connectivity index (χ4v) is 2.33. The fourth-order valence-electron chi connectivity index (χ4n) is 2.33. The lowest BCUT2D eigenvalue weighted by Crippen LogP contribution is -2.04. The second-order valence-electron chi connectivity index (χ2n) is 5.21. The highest BCUT2D eigenvalue weighted by Crippen LogP contribution is 2.29. The first-order valence-electron chi connectivity index (χ1n) is 6.30. The Hall–Kier alpha value is -1.18. The minimum atomic E-state index is 0.160. The summed E-state index contributed by atoms with van der Waals surface area (Å²) in [5, 5.41) is 0. The lowest BCUT2D eigenvalue weighted by atomic mass is 9.90. The number of rotatable bonds is 3. The lowest BCUT2D eigenvalue weighted by molar-refractivity contribution is -0.117. The van der Waals surface area contributed by atoms with Crippen molar-refractivity contribution in [3.63, 3.8) is 0 Å². The number of allylic oxidation sites excluding steroid dienone is 4. The fraction of sp³-hybridized carbons (Fsp3) is 0.600. The van der Waals surface area contributed by atoms with E-state index in [0.717, 1.165) is 36.0 Å². The zero-order chi connectivity index (χ0) is 13.0. The maximum atomic E-state index is 11.9. The van der Waals surface area contributed by atoms with E-state index in [1.165, 1.54) is 0 Å². The molecule has 2 nitrogen and oxygen atoms in total. The Morgan fingerprint density at radius 3 is 2.53 bits per heavy atom. The number of carbonyl (C=O) groups is 2. The van der Waals surface area contributed by atoms with Crippen molar-refractivity contribution in [2.24, 2.45) is 5.92 Å². The molecule has 0 saturated carbocycles. The van der Waals surface area contributed by atoms with Gasteiger partial charge in [0.1, 0.15) is 5.78 Å². The van der Waals surface area contributed by atoms with E-state index in [9.17, 15) is 9.59 Å². The predicted molar refractivity (Wildman–Crippen MR) is 69.8 cm³/mol. The molecule has 1 aliphatic carbocycles. The quantitative estimate of drug-likeness (QED) is 0.699. The Balaban J connectivity index is 2.81. The highest BCUT2D eigenvalue weighted by atomic mass is 16.1. The third kappa shape index (κ3) is 3.95. The molecule has 0 saturated heterocycles. The van der Waals surface area contributed by atoms with E-state index < -0.39 is 0 Å². The molecular weight excluding hydrogens is 212 g/mol. The van der Waals surface area contributed by atoms with Gasteiger partial charge in [-0.2, -0.15) is 0 Å². The van der Waals surface area contributed by atoms with Gasteiger partial charge in [0.25, 0.3) is 0 Å². The average molecular weight is 234 g/mol. The van der Waals surface area contributed by atoms with E-state index in [-0.39, 0.29) is 11.6 Å². The van der Waals surface area contributed by atoms with Crippen LogP contribution in [0.5, 0.6) is 0 Å². The van der Waals surface area contributed by atoms with Crippen molar-refractivity contribution in [3.05, 3.63) is 22.8 Å². The van der Waals surface area contributed by atoms with Gasteiger partial charge < -0.3 is 4.79 Å². The molecule has 0 unspecified atom stereocenters. The van der Waals surface area contributed by atoms with Gasteiger partial charge in [0.2, 0.25) is 0 Å². The largest absolute Gasteiger partial charge is 0.300 e. The second kappa shape index (κ2) is 5.95. The molecule has 2 heteroatoms. The number of Topliss-reactive ketones (excluding diaryl/α,β-unsaturated/α-hetero) is 1. The summed E-state index contributed by atoms with van der Waals surface area (Å²) in [6.07, 6.45) is 5.09. The molecule has 94 valence electrons. The maximum Gasteiger partial charge on any atom is 0.181 e. The van der Waals surface area contributed by atoms with Gasteiger partial charge in [0.15, 0.2) is 5.78 Å². The van der Waals surface area contributed by atoms with E-state index in [1.54, 1.807) is 13.0 Å². The molecule has 1 rings (SSSR count). The third-order valence-corrected chi connectivity index (χ3v) is 3.49. The van der Waals surface area contributed by atoms with E-state index in [0.29, 0.717) is 12.3 Å². The predicted octanol–water partition coefficient (Wildman–Crippen LogP) is 3.62. The summed E-state index contributed by atoms with van der Waals surface area (Å²) in [6.45, 7) is 7.62. The monoisotopic (exact) mass is 234 g/mol. The van der Waals surface area contributed by atoms with Crippen LogP contribution in [0, 0.1) is 5.92 Å². The minimum Gasteiger partial charge on any atom is -0.300 e. The highest BCUT2D eigenvalue weighted by Gasteiger charge is 2.20. The van der Waals surface area contributed by atoms with E-state index in [2.05, 4.69) is 0 Å². The number of ketones is 2. The molecule has 0 aromatic heterocycles. The van der Waals surface area contributed by atoms with Crippen LogP contribution in [0.1, 0.15) is 53.4 Å². The first-order valence-corrected chi connectivity index (χ1v) is 6.30. The van der Waals surface area contributed by atoms with E-state index in [4.69, 9.17) is 0 Å². The highest BCUT2D eigenvalue weighted by molar-refractivity contribution is 6.05. The summed E-state index contributed by atoms with van der Waals surface area (Å²) in [6, 6.07) is 0. The van der Waals surface area contributed by atoms with Gasteiger partial charge in [-0.25, -0.2) is 0 Å². The Kier molecular flexibility index (Phi) is 4.86. The molecule has 17 heavy (non-hydrogen) atoms. The smallest absolute Gasteiger partial charge is 0.181 e. The molecule has 0 fully saturated rings. The van der Waals surface area contributed by atoms with Crippen molar-refractivity contribution in [3.8, 4) is 0 Å². The van der Waals surface area contributed by atoms with Crippen LogP contribution in [0.25, 0.3) is 0 Å². The van der Waals surface area contributed by atoms with Crippen LogP contribution in [0.3, 0.4) is 0 Å². The van der Waals surface area contributed by atoms with Crippen molar-refractivity contribution in [2.45, 2.75) is 53.4 Å². The summed E-state index contributed by atoms with van der Waals surface area (Å²) in [5.74, 6) is 0.781. The van der Waals surface area contributed by atoms with Crippen LogP contribution in [0.15, 0.2) is 22.8 Å². The van der Waals surface area contributed by atoms with Crippen LogP contribution in [-0.2, 0) is 9.59 Å². The van der Waals surface area contributed by atoms with Crippen LogP contribution in [0.2, 0.25) is 0 Å². The summed E-state index contributed by atoms with van der Waals surface area (Å²) in [4.78, 5) is 23.0.